The number of aliphatic carboxylic acids is 1. The number of carbonyl (C=O) groups is 1. The summed E-state index contributed by atoms with van der Waals surface area (Å²) in [6.45, 7) is 1.29. The highest BCUT2D eigenvalue weighted by Crippen LogP contribution is 2.26. The maximum atomic E-state index is 12.5. The second-order valence-corrected chi connectivity index (χ2v) is 3.82. The minimum Gasteiger partial charge on any atom is -0.481 e. The summed E-state index contributed by atoms with van der Waals surface area (Å²) in [4.78, 5) is 12.5. The zero-order valence-electron chi connectivity index (χ0n) is 7.87. The topological polar surface area (TPSA) is 40.5 Å². The fraction of sp³-hybridized carbons (Fsp3) is 0.889. The molecule has 0 saturated carbocycles. The van der Waals surface area contributed by atoms with E-state index in [2.05, 4.69) is 4.90 Å². The molecule has 1 N–H and O–H groups in total. The van der Waals surface area contributed by atoms with Gasteiger partial charge in [-0.2, -0.15) is 0 Å². The van der Waals surface area contributed by atoms with Crippen LogP contribution in [0.2, 0.25) is 0 Å². The third kappa shape index (κ3) is 2.95. The van der Waals surface area contributed by atoms with Crippen LogP contribution in [-0.2, 0) is 4.79 Å². The van der Waals surface area contributed by atoms with E-state index in [0.29, 0.717) is 0 Å². The van der Waals surface area contributed by atoms with E-state index in [1.54, 1.807) is 0 Å². The highest BCUT2D eigenvalue weighted by atomic mass is 19.1. The normalized spacial score (nSPS) is 26.2. The summed E-state index contributed by atoms with van der Waals surface area (Å²) >= 11 is 0. The number of nitrogens with zero attached hydrogens (tertiary/aromatic N) is 1. The lowest BCUT2D eigenvalue weighted by atomic mass is 9.90. The summed E-state index contributed by atoms with van der Waals surface area (Å²) < 4.78 is 12.5. The van der Waals surface area contributed by atoms with Crippen molar-refractivity contribution in [3.05, 3.63) is 0 Å². The quantitative estimate of drug-likeness (QED) is 0.717. The van der Waals surface area contributed by atoms with Crippen molar-refractivity contribution in [1.29, 1.82) is 0 Å². The van der Waals surface area contributed by atoms with Gasteiger partial charge in [-0.1, -0.05) is 0 Å². The first-order valence-electron chi connectivity index (χ1n) is 4.59. The molecule has 1 aliphatic heterocycles. The molecule has 4 heteroatoms. The van der Waals surface area contributed by atoms with E-state index in [9.17, 15) is 9.18 Å². The number of halogens is 1. The van der Waals surface area contributed by atoms with Crippen LogP contribution in [-0.4, -0.2) is 42.8 Å². The van der Waals surface area contributed by atoms with Gasteiger partial charge in [0.15, 0.2) is 0 Å². The van der Waals surface area contributed by atoms with Gasteiger partial charge in [-0.15, -0.1) is 0 Å². The number of likely N-dealkylation sites (tertiary alicyclic amines) is 1. The van der Waals surface area contributed by atoms with E-state index < -0.39 is 12.6 Å². The molecule has 1 saturated heterocycles. The van der Waals surface area contributed by atoms with Crippen LogP contribution in [0.25, 0.3) is 0 Å². The summed E-state index contributed by atoms with van der Waals surface area (Å²) in [5.41, 5.74) is 0. The van der Waals surface area contributed by atoms with E-state index in [1.807, 2.05) is 7.05 Å². The average Bonchev–Trinajstić information content (AvgIpc) is 2.47. The van der Waals surface area contributed by atoms with Crippen molar-refractivity contribution >= 4 is 5.97 Å². The molecule has 0 aromatic heterocycles. The van der Waals surface area contributed by atoms with Gasteiger partial charge in [-0.25, -0.2) is 0 Å². The van der Waals surface area contributed by atoms with Gasteiger partial charge in [-0.3, -0.25) is 9.18 Å². The predicted molar refractivity (Wildman–Crippen MR) is 47.3 cm³/mol. The SMILES string of the molecule is CN1CCC(C(CF)CC(=O)O)C1. The Kier molecular flexibility index (Phi) is 3.66. The summed E-state index contributed by atoms with van der Waals surface area (Å²) in [7, 11) is 1.98. The molecule has 0 aromatic rings. The molecule has 76 valence electrons. The van der Waals surface area contributed by atoms with Crippen LogP contribution in [0.4, 0.5) is 4.39 Å². The van der Waals surface area contributed by atoms with Crippen LogP contribution < -0.4 is 0 Å². The number of hydrogen-bond donors (Lipinski definition) is 1. The summed E-state index contributed by atoms with van der Waals surface area (Å²) in [5, 5.41) is 8.56. The van der Waals surface area contributed by atoms with Crippen molar-refractivity contribution in [2.75, 3.05) is 26.8 Å². The van der Waals surface area contributed by atoms with E-state index in [-0.39, 0.29) is 18.3 Å². The summed E-state index contributed by atoms with van der Waals surface area (Å²) in [6, 6.07) is 0. The van der Waals surface area contributed by atoms with Gasteiger partial charge in [0.25, 0.3) is 0 Å². The van der Waals surface area contributed by atoms with Crippen LogP contribution in [0.5, 0.6) is 0 Å². The summed E-state index contributed by atoms with van der Waals surface area (Å²) in [5.74, 6) is -0.953. The Bertz CT molecular complexity index is 186. The van der Waals surface area contributed by atoms with Gasteiger partial charge in [-0.05, 0) is 25.9 Å². The van der Waals surface area contributed by atoms with E-state index >= 15 is 0 Å². The third-order valence-corrected chi connectivity index (χ3v) is 2.73. The van der Waals surface area contributed by atoms with Gasteiger partial charge >= 0.3 is 5.97 Å². The zero-order valence-corrected chi connectivity index (χ0v) is 7.87. The van der Waals surface area contributed by atoms with Crippen molar-refractivity contribution in [2.45, 2.75) is 12.8 Å². The standard InChI is InChI=1S/C9H16FNO2/c1-11-3-2-7(6-11)8(5-10)4-9(12)13/h7-8H,2-6H2,1H3,(H,12,13). The molecule has 0 aromatic carbocycles. The largest absolute Gasteiger partial charge is 0.481 e. The van der Waals surface area contributed by atoms with Crippen LogP contribution in [0, 0.1) is 11.8 Å². The van der Waals surface area contributed by atoms with Crippen molar-refractivity contribution in [2.24, 2.45) is 11.8 Å². The highest BCUT2D eigenvalue weighted by molar-refractivity contribution is 5.67. The van der Waals surface area contributed by atoms with Crippen LogP contribution in [0.15, 0.2) is 0 Å². The zero-order chi connectivity index (χ0) is 9.84. The second-order valence-electron chi connectivity index (χ2n) is 3.82. The van der Waals surface area contributed by atoms with E-state index in [4.69, 9.17) is 5.11 Å². The van der Waals surface area contributed by atoms with Crippen molar-refractivity contribution < 1.29 is 14.3 Å². The van der Waals surface area contributed by atoms with Gasteiger partial charge in [0.2, 0.25) is 0 Å². The number of carboxylic acid groups (broad SMARTS) is 1. The molecule has 1 fully saturated rings. The summed E-state index contributed by atoms with van der Waals surface area (Å²) in [6.07, 6.45) is 0.896. The molecular formula is C9H16FNO2. The minimum atomic E-state index is -0.891. The molecule has 13 heavy (non-hydrogen) atoms. The predicted octanol–water partition coefficient (Wildman–Crippen LogP) is 0.999. The Labute approximate surface area is 77.5 Å². The molecule has 1 rings (SSSR count). The van der Waals surface area contributed by atoms with Crippen LogP contribution in [0.3, 0.4) is 0 Å². The Balaban J connectivity index is 2.42. The Morgan fingerprint density at radius 2 is 2.46 bits per heavy atom. The molecular weight excluding hydrogens is 173 g/mol. The number of alkyl halides is 1. The van der Waals surface area contributed by atoms with Crippen molar-refractivity contribution in [3.63, 3.8) is 0 Å². The van der Waals surface area contributed by atoms with E-state index in [0.717, 1.165) is 19.5 Å². The monoisotopic (exact) mass is 189 g/mol. The molecule has 0 aliphatic carbocycles. The molecule has 0 bridgehead atoms. The van der Waals surface area contributed by atoms with Gasteiger partial charge in [0, 0.05) is 12.5 Å². The first kappa shape index (κ1) is 10.4. The maximum Gasteiger partial charge on any atom is 0.303 e. The molecule has 1 aliphatic rings. The number of rotatable bonds is 4. The minimum absolute atomic E-state index is 0.0327. The van der Waals surface area contributed by atoms with E-state index in [1.165, 1.54) is 0 Å². The van der Waals surface area contributed by atoms with Gasteiger partial charge in [0.05, 0.1) is 13.1 Å². The molecule has 0 radical (unpaired) electrons. The van der Waals surface area contributed by atoms with Gasteiger partial charge in [0.1, 0.15) is 0 Å². The molecule has 0 amide bonds. The van der Waals surface area contributed by atoms with Crippen LogP contribution >= 0.6 is 0 Å². The number of carboxylic acids is 1. The first-order chi connectivity index (χ1) is 6.13. The molecule has 3 nitrogen and oxygen atoms in total. The average molecular weight is 189 g/mol. The fourth-order valence-electron chi connectivity index (χ4n) is 1.93. The Morgan fingerprint density at radius 3 is 2.85 bits per heavy atom. The highest BCUT2D eigenvalue weighted by Gasteiger charge is 2.29. The lowest BCUT2D eigenvalue weighted by Gasteiger charge is -2.18. The second kappa shape index (κ2) is 4.56. The third-order valence-electron chi connectivity index (χ3n) is 2.73. The number of hydrogen-bond acceptors (Lipinski definition) is 2. The van der Waals surface area contributed by atoms with Crippen molar-refractivity contribution in [3.8, 4) is 0 Å². The molecule has 2 atom stereocenters. The molecule has 0 spiro atoms. The Morgan fingerprint density at radius 1 is 1.77 bits per heavy atom. The van der Waals surface area contributed by atoms with Crippen LogP contribution in [0.1, 0.15) is 12.8 Å². The maximum absolute atomic E-state index is 12.5. The lowest BCUT2D eigenvalue weighted by molar-refractivity contribution is -0.138. The smallest absolute Gasteiger partial charge is 0.303 e. The fourth-order valence-corrected chi connectivity index (χ4v) is 1.93. The first-order valence-corrected chi connectivity index (χ1v) is 4.59. The van der Waals surface area contributed by atoms with Gasteiger partial charge < -0.3 is 10.0 Å². The Hall–Kier alpha value is -0.640. The molecule has 2 unspecified atom stereocenters. The van der Waals surface area contributed by atoms with Crippen molar-refractivity contribution in [1.82, 2.24) is 4.90 Å². The lowest BCUT2D eigenvalue weighted by Crippen LogP contribution is -2.23. The molecule has 1 heterocycles.